The normalized spacial score (nSPS) is 10.9. The van der Waals surface area contributed by atoms with Crippen molar-refractivity contribution in [2.24, 2.45) is 4.99 Å². The molecule has 3 N–H and O–H groups in total. The van der Waals surface area contributed by atoms with Gasteiger partial charge in [0.25, 0.3) is 5.91 Å². The Morgan fingerprint density at radius 3 is 2.65 bits per heavy atom. The number of benzene rings is 2. The molecule has 1 amide bonds. The van der Waals surface area contributed by atoms with Crippen molar-refractivity contribution in [1.82, 2.24) is 10.6 Å². The van der Waals surface area contributed by atoms with E-state index >= 15 is 0 Å². The number of hydrogen-bond donors (Lipinski definition) is 3. The molecule has 0 atom stereocenters. The number of rotatable bonds is 7. The van der Waals surface area contributed by atoms with Gasteiger partial charge in [-0.3, -0.25) is 4.79 Å². The van der Waals surface area contributed by atoms with E-state index < -0.39 is 11.6 Å². The van der Waals surface area contributed by atoms with Crippen LogP contribution in [0, 0.1) is 11.6 Å². The molecule has 0 radical (unpaired) electrons. The summed E-state index contributed by atoms with van der Waals surface area (Å²) in [5.74, 6) is -0.635. The minimum atomic E-state index is -0.497. The molecule has 0 aliphatic rings. The topological polar surface area (TPSA) is 78.7 Å². The number of anilines is 1. The number of aliphatic imine (C=N–C) groups is 1. The summed E-state index contributed by atoms with van der Waals surface area (Å²) in [7, 11) is 0. The molecule has 3 rings (SSSR count). The minimum absolute atomic E-state index is 0. The quantitative estimate of drug-likeness (QED) is 0.231. The highest BCUT2D eigenvalue weighted by molar-refractivity contribution is 14.0. The average molecular weight is 540 g/mol. The number of furan rings is 1. The van der Waals surface area contributed by atoms with Gasteiger partial charge in [0.05, 0.1) is 12.8 Å². The van der Waals surface area contributed by atoms with Crippen LogP contribution in [-0.2, 0) is 13.1 Å². The summed E-state index contributed by atoms with van der Waals surface area (Å²) < 4.78 is 32.2. The van der Waals surface area contributed by atoms with Crippen molar-refractivity contribution < 1.29 is 18.0 Å². The molecule has 0 aliphatic heterocycles. The zero-order valence-corrected chi connectivity index (χ0v) is 19.2. The van der Waals surface area contributed by atoms with Crippen molar-refractivity contribution in [3.05, 3.63) is 89.4 Å². The highest BCUT2D eigenvalue weighted by Crippen LogP contribution is 2.14. The maximum atomic E-state index is 13.8. The second-order valence-corrected chi connectivity index (χ2v) is 6.42. The number of carbonyl (C=O) groups excluding carboxylic acids is 1. The molecular weight excluding hydrogens is 517 g/mol. The van der Waals surface area contributed by atoms with Crippen LogP contribution in [0.25, 0.3) is 0 Å². The fourth-order valence-electron chi connectivity index (χ4n) is 2.72. The lowest BCUT2D eigenvalue weighted by atomic mass is 10.2. The van der Waals surface area contributed by atoms with E-state index in [9.17, 15) is 13.6 Å². The van der Waals surface area contributed by atoms with E-state index in [-0.39, 0.29) is 47.8 Å². The zero-order valence-electron chi connectivity index (χ0n) is 16.8. The van der Waals surface area contributed by atoms with Crippen molar-refractivity contribution in [2.75, 3.05) is 11.9 Å². The maximum absolute atomic E-state index is 13.8. The summed E-state index contributed by atoms with van der Waals surface area (Å²) in [5.41, 5.74) is 1.69. The molecule has 6 nitrogen and oxygen atoms in total. The molecule has 0 saturated carbocycles. The third kappa shape index (κ3) is 7.35. The molecule has 0 unspecified atom stereocenters. The van der Waals surface area contributed by atoms with Crippen LogP contribution in [0.3, 0.4) is 0 Å². The van der Waals surface area contributed by atoms with Gasteiger partial charge in [0.1, 0.15) is 11.6 Å². The van der Waals surface area contributed by atoms with Gasteiger partial charge in [0.2, 0.25) is 0 Å². The standard InChI is InChI=1S/C22H22F2N4O2.HI/c1-2-25-22(27-14-16-12-17(23)8-9-19(16)24)26-13-15-5-3-6-18(11-15)28-21(29)20-7-4-10-30-20;/h3-12H,2,13-14H2,1H3,(H,28,29)(H2,25,26,27);1H. The molecule has 164 valence electrons. The Bertz CT molecular complexity index is 1030. The van der Waals surface area contributed by atoms with E-state index in [1.54, 1.807) is 24.3 Å². The second kappa shape index (κ2) is 12.0. The van der Waals surface area contributed by atoms with E-state index in [0.29, 0.717) is 24.7 Å². The first-order valence-electron chi connectivity index (χ1n) is 9.45. The molecule has 2 aromatic carbocycles. The first-order valence-corrected chi connectivity index (χ1v) is 9.45. The Morgan fingerprint density at radius 1 is 1.06 bits per heavy atom. The molecule has 9 heteroatoms. The fraction of sp³-hybridized carbons (Fsp3) is 0.182. The van der Waals surface area contributed by atoms with E-state index in [0.717, 1.165) is 23.8 Å². The lowest BCUT2D eigenvalue weighted by molar-refractivity contribution is 0.0996. The summed E-state index contributed by atoms with van der Waals surface area (Å²) >= 11 is 0. The maximum Gasteiger partial charge on any atom is 0.291 e. The summed E-state index contributed by atoms with van der Waals surface area (Å²) in [4.78, 5) is 16.6. The van der Waals surface area contributed by atoms with Crippen LogP contribution in [0.15, 0.2) is 70.3 Å². The SMILES string of the molecule is CCNC(=NCc1cccc(NC(=O)c2ccco2)c1)NCc1cc(F)ccc1F.I. The van der Waals surface area contributed by atoms with E-state index in [2.05, 4.69) is 20.9 Å². The van der Waals surface area contributed by atoms with Crippen LogP contribution in [0.5, 0.6) is 0 Å². The number of halogens is 3. The first kappa shape index (κ1) is 24.3. The molecule has 0 fully saturated rings. The van der Waals surface area contributed by atoms with Crippen molar-refractivity contribution in [3.63, 3.8) is 0 Å². The van der Waals surface area contributed by atoms with Crippen LogP contribution in [0.2, 0.25) is 0 Å². The number of nitrogens with one attached hydrogen (secondary N) is 3. The second-order valence-electron chi connectivity index (χ2n) is 6.42. The Morgan fingerprint density at radius 2 is 1.90 bits per heavy atom. The zero-order chi connectivity index (χ0) is 21.3. The van der Waals surface area contributed by atoms with Gasteiger partial charge in [-0.25, -0.2) is 13.8 Å². The smallest absolute Gasteiger partial charge is 0.291 e. The van der Waals surface area contributed by atoms with E-state index in [4.69, 9.17) is 4.42 Å². The third-order valence-electron chi connectivity index (χ3n) is 4.15. The molecule has 1 heterocycles. The van der Waals surface area contributed by atoms with Gasteiger partial charge in [-0.2, -0.15) is 0 Å². The largest absolute Gasteiger partial charge is 0.459 e. The number of nitrogens with zero attached hydrogens (tertiary/aromatic N) is 1. The Hall–Kier alpha value is -2.95. The number of hydrogen-bond acceptors (Lipinski definition) is 3. The molecule has 31 heavy (non-hydrogen) atoms. The van der Waals surface area contributed by atoms with E-state index in [1.165, 1.54) is 6.26 Å². The van der Waals surface area contributed by atoms with Gasteiger partial charge in [-0.1, -0.05) is 12.1 Å². The molecule has 0 bridgehead atoms. The Labute approximate surface area is 196 Å². The lowest BCUT2D eigenvalue weighted by Crippen LogP contribution is -2.37. The van der Waals surface area contributed by atoms with Gasteiger partial charge in [-0.15, -0.1) is 24.0 Å². The first-order chi connectivity index (χ1) is 14.5. The van der Waals surface area contributed by atoms with Gasteiger partial charge in [-0.05, 0) is 55.0 Å². The molecular formula is C22H23F2IN4O2. The summed E-state index contributed by atoms with van der Waals surface area (Å²) in [6.45, 7) is 2.93. The lowest BCUT2D eigenvalue weighted by Gasteiger charge is -2.12. The highest BCUT2D eigenvalue weighted by atomic mass is 127. The number of guanidine groups is 1. The third-order valence-corrected chi connectivity index (χ3v) is 4.15. The Balaban J connectivity index is 0.00000341. The van der Waals surface area contributed by atoms with Crippen LogP contribution in [0.4, 0.5) is 14.5 Å². The van der Waals surface area contributed by atoms with E-state index in [1.807, 2.05) is 19.1 Å². The van der Waals surface area contributed by atoms with Crippen molar-refractivity contribution >= 4 is 41.5 Å². The van der Waals surface area contributed by atoms with Gasteiger partial charge >= 0.3 is 0 Å². The van der Waals surface area contributed by atoms with Crippen LogP contribution < -0.4 is 16.0 Å². The molecule has 0 spiro atoms. The minimum Gasteiger partial charge on any atom is -0.459 e. The number of carbonyl (C=O) groups is 1. The highest BCUT2D eigenvalue weighted by Gasteiger charge is 2.09. The van der Waals surface area contributed by atoms with Crippen LogP contribution in [-0.4, -0.2) is 18.4 Å². The summed E-state index contributed by atoms with van der Waals surface area (Å²) in [6, 6.07) is 13.8. The monoisotopic (exact) mass is 540 g/mol. The van der Waals surface area contributed by atoms with Crippen molar-refractivity contribution in [1.29, 1.82) is 0 Å². The summed E-state index contributed by atoms with van der Waals surface area (Å²) in [6.07, 6.45) is 1.44. The Kier molecular flexibility index (Phi) is 9.44. The van der Waals surface area contributed by atoms with Gasteiger partial charge in [0, 0.05) is 24.3 Å². The predicted octanol–water partition coefficient (Wildman–Crippen LogP) is 4.68. The fourth-order valence-corrected chi connectivity index (χ4v) is 2.72. The van der Waals surface area contributed by atoms with Gasteiger partial charge < -0.3 is 20.4 Å². The van der Waals surface area contributed by atoms with Crippen LogP contribution >= 0.6 is 24.0 Å². The van der Waals surface area contributed by atoms with Crippen molar-refractivity contribution in [2.45, 2.75) is 20.0 Å². The predicted molar refractivity (Wildman–Crippen MR) is 127 cm³/mol. The molecule has 0 aliphatic carbocycles. The molecule has 3 aromatic rings. The summed E-state index contributed by atoms with van der Waals surface area (Å²) in [5, 5.41) is 8.82. The average Bonchev–Trinajstić information content (AvgIpc) is 3.28. The van der Waals surface area contributed by atoms with Crippen LogP contribution in [0.1, 0.15) is 28.6 Å². The molecule has 1 aromatic heterocycles. The van der Waals surface area contributed by atoms with Gasteiger partial charge in [0.15, 0.2) is 11.7 Å². The molecule has 0 saturated heterocycles. The van der Waals surface area contributed by atoms with Crippen molar-refractivity contribution in [3.8, 4) is 0 Å². The number of amides is 1.